The Hall–Kier alpha value is -2.41. The summed E-state index contributed by atoms with van der Waals surface area (Å²) in [5, 5.41) is 4.36. The number of nitrogens with zero attached hydrogens (tertiary/aromatic N) is 3. The van der Waals surface area contributed by atoms with Crippen molar-refractivity contribution >= 4 is 5.65 Å². The number of hydrogen-bond acceptors (Lipinski definition) is 3. The molecule has 0 aliphatic rings. The summed E-state index contributed by atoms with van der Waals surface area (Å²) in [5.74, 6) is 0. The van der Waals surface area contributed by atoms with Gasteiger partial charge in [0.25, 0.3) is 0 Å². The van der Waals surface area contributed by atoms with Crippen molar-refractivity contribution in [3.05, 3.63) is 53.9 Å². The Labute approximate surface area is 124 Å². The van der Waals surface area contributed by atoms with E-state index in [1.165, 1.54) is 10.6 Å². The summed E-state index contributed by atoms with van der Waals surface area (Å²) in [4.78, 5) is 4.12. The van der Waals surface area contributed by atoms with E-state index in [1.807, 2.05) is 0 Å². The van der Waals surface area contributed by atoms with Crippen molar-refractivity contribution in [1.82, 2.24) is 14.6 Å². The molecular formula is C15H13F3N4. The van der Waals surface area contributed by atoms with Crippen molar-refractivity contribution in [2.45, 2.75) is 19.1 Å². The fourth-order valence-electron chi connectivity index (χ4n) is 2.28. The van der Waals surface area contributed by atoms with Gasteiger partial charge in [0.1, 0.15) is 0 Å². The van der Waals surface area contributed by atoms with Crippen LogP contribution in [0.3, 0.4) is 0 Å². The van der Waals surface area contributed by atoms with Crippen LogP contribution < -0.4 is 5.73 Å². The largest absolute Gasteiger partial charge is 0.416 e. The fourth-order valence-corrected chi connectivity index (χ4v) is 2.28. The van der Waals surface area contributed by atoms with Crippen LogP contribution in [0, 0.1) is 0 Å². The average molecular weight is 306 g/mol. The third-order valence-corrected chi connectivity index (χ3v) is 3.37. The highest BCUT2D eigenvalue weighted by atomic mass is 19.4. The fraction of sp³-hybridized carbons (Fsp3) is 0.200. The van der Waals surface area contributed by atoms with Gasteiger partial charge in [-0.3, -0.25) is 0 Å². The van der Waals surface area contributed by atoms with Crippen LogP contribution in [0.2, 0.25) is 0 Å². The third kappa shape index (κ3) is 2.55. The number of hydrogen-bond donors (Lipinski definition) is 1. The van der Waals surface area contributed by atoms with Crippen LogP contribution in [0.5, 0.6) is 0 Å². The Morgan fingerprint density at radius 3 is 2.68 bits per heavy atom. The first kappa shape index (κ1) is 14.5. The first-order chi connectivity index (χ1) is 10.4. The predicted molar refractivity (Wildman–Crippen MR) is 76.0 cm³/mol. The van der Waals surface area contributed by atoms with Crippen LogP contribution in [0.15, 0.2) is 42.7 Å². The van der Waals surface area contributed by atoms with Gasteiger partial charge in [0.05, 0.1) is 11.3 Å². The summed E-state index contributed by atoms with van der Waals surface area (Å²) >= 11 is 0. The van der Waals surface area contributed by atoms with Gasteiger partial charge in [0, 0.05) is 29.6 Å². The zero-order valence-corrected chi connectivity index (χ0v) is 11.7. The summed E-state index contributed by atoms with van der Waals surface area (Å²) in [6, 6.07) is 6.43. The monoisotopic (exact) mass is 306 g/mol. The molecule has 0 saturated heterocycles. The van der Waals surface area contributed by atoms with Crippen molar-refractivity contribution in [3.63, 3.8) is 0 Å². The van der Waals surface area contributed by atoms with Crippen molar-refractivity contribution in [2.75, 3.05) is 0 Å². The second-order valence-electron chi connectivity index (χ2n) is 5.05. The van der Waals surface area contributed by atoms with Gasteiger partial charge in [-0.2, -0.15) is 18.3 Å². The molecule has 2 aromatic heterocycles. The van der Waals surface area contributed by atoms with Crippen LogP contribution in [0.1, 0.15) is 24.1 Å². The number of halogens is 3. The third-order valence-electron chi connectivity index (χ3n) is 3.37. The maximum atomic E-state index is 12.9. The summed E-state index contributed by atoms with van der Waals surface area (Å²) in [6.45, 7) is 1.76. The SMILES string of the molecule is C[C@H](N)c1cc2nccn2nc1-c1cccc(C(F)(F)F)c1. The molecule has 3 rings (SSSR count). The van der Waals surface area contributed by atoms with Crippen LogP contribution >= 0.6 is 0 Å². The van der Waals surface area contributed by atoms with Gasteiger partial charge < -0.3 is 5.73 Å². The van der Waals surface area contributed by atoms with Crippen molar-refractivity contribution in [3.8, 4) is 11.3 Å². The molecule has 0 aliphatic carbocycles. The van der Waals surface area contributed by atoms with Gasteiger partial charge in [-0.15, -0.1) is 0 Å². The Morgan fingerprint density at radius 2 is 2.00 bits per heavy atom. The van der Waals surface area contributed by atoms with E-state index in [9.17, 15) is 13.2 Å². The topological polar surface area (TPSA) is 56.2 Å². The van der Waals surface area contributed by atoms with E-state index >= 15 is 0 Å². The highest BCUT2D eigenvalue weighted by Crippen LogP contribution is 2.33. The number of benzene rings is 1. The molecule has 1 atom stereocenters. The lowest BCUT2D eigenvalue weighted by Gasteiger charge is -2.14. The molecule has 2 N–H and O–H groups in total. The minimum atomic E-state index is -4.40. The Morgan fingerprint density at radius 1 is 1.23 bits per heavy atom. The second kappa shape index (κ2) is 5.10. The maximum Gasteiger partial charge on any atom is 0.416 e. The minimum Gasteiger partial charge on any atom is -0.324 e. The van der Waals surface area contributed by atoms with Crippen LogP contribution in [-0.2, 0) is 6.18 Å². The quantitative estimate of drug-likeness (QED) is 0.789. The van der Waals surface area contributed by atoms with Gasteiger partial charge in [-0.05, 0) is 25.1 Å². The summed E-state index contributed by atoms with van der Waals surface area (Å²) < 4.78 is 40.2. The van der Waals surface area contributed by atoms with Gasteiger partial charge in [-0.25, -0.2) is 9.50 Å². The molecule has 0 unspecified atom stereocenters. The molecular weight excluding hydrogens is 293 g/mol. The van der Waals surface area contributed by atoms with Gasteiger partial charge in [0.2, 0.25) is 0 Å². The number of alkyl halides is 3. The lowest BCUT2D eigenvalue weighted by atomic mass is 10.0. The molecule has 114 valence electrons. The highest BCUT2D eigenvalue weighted by molar-refractivity contribution is 5.66. The molecule has 0 fully saturated rings. The molecule has 0 spiro atoms. The molecule has 22 heavy (non-hydrogen) atoms. The number of fused-ring (bicyclic) bond motifs is 1. The predicted octanol–water partition coefficient (Wildman–Crippen LogP) is 3.43. The number of rotatable bonds is 2. The van der Waals surface area contributed by atoms with Crippen molar-refractivity contribution in [1.29, 1.82) is 0 Å². The summed E-state index contributed by atoms with van der Waals surface area (Å²) in [6.07, 6.45) is -1.19. The van der Waals surface area contributed by atoms with Crippen LogP contribution in [0.25, 0.3) is 16.9 Å². The Bertz CT molecular complexity index is 821. The van der Waals surface area contributed by atoms with E-state index in [4.69, 9.17) is 5.73 Å². The first-order valence-electron chi connectivity index (χ1n) is 6.64. The van der Waals surface area contributed by atoms with Gasteiger partial charge in [-0.1, -0.05) is 12.1 Å². The van der Waals surface area contributed by atoms with E-state index in [0.29, 0.717) is 22.5 Å². The molecule has 0 bridgehead atoms. The Balaban J connectivity index is 2.22. The summed E-state index contributed by atoms with van der Waals surface area (Å²) in [7, 11) is 0. The lowest BCUT2D eigenvalue weighted by molar-refractivity contribution is -0.137. The molecule has 2 heterocycles. The molecule has 3 aromatic rings. The molecule has 0 radical (unpaired) electrons. The van der Waals surface area contributed by atoms with E-state index in [1.54, 1.807) is 31.5 Å². The second-order valence-corrected chi connectivity index (χ2v) is 5.05. The zero-order valence-electron chi connectivity index (χ0n) is 11.7. The molecule has 0 amide bonds. The maximum absolute atomic E-state index is 12.9. The average Bonchev–Trinajstić information content (AvgIpc) is 2.92. The molecule has 0 aliphatic heterocycles. The van der Waals surface area contributed by atoms with Crippen LogP contribution in [-0.4, -0.2) is 14.6 Å². The minimum absolute atomic E-state index is 0.373. The zero-order chi connectivity index (χ0) is 15.9. The Kier molecular flexibility index (Phi) is 3.37. The number of imidazole rings is 1. The van der Waals surface area contributed by atoms with E-state index < -0.39 is 11.7 Å². The van der Waals surface area contributed by atoms with E-state index in [-0.39, 0.29) is 6.04 Å². The van der Waals surface area contributed by atoms with Crippen LogP contribution in [0.4, 0.5) is 13.2 Å². The van der Waals surface area contributed by atoms with Crippen molar-refractivity contribution in [2.24, 2.45) is 5.73 Å². The first-order valence-corrected chi connectivity index (χ1v) is 6.64. The van der Waals surface area contributed by atoms with Gasteiger partial charge >= 0.3 is 6.18 Å². The highest BCUT2D eigenvalue weighted by Gasteiger charge is 2.30. The smallest absolute Gasteiger partial charge is 0.324 e. The van der Waals surface area contributed by atoms with E-state index in [2.05, 4.69) is 10.1 Å². The molecule has 4 nitrogen and oxygen atoms in total. The number of nitrogens with two attached hydrogens (primary N) is 1. The number of aromatic nitrogens is 3. The lowest BCUT2D eigenvalue weighted by Crippen LogP contribution is -2.10. The summed E-state index contributed by atoms with van der Waals surface area (Å²) in [5.41, 5.74) is 7.27. The molecule has 0 saturated carbocycles. The van der Waals surface area contributed by atoms with Gasteiger partial charge in [0.15, 0.2) is 5.65 Å². The normalized spacial score (nSPS) is 13.5. The van der Waals surface area contributed by atoms with E-state index in [0.717, 1.165) is 12.1 Å². The molecule has 1 aromatic carbocycles. The van der Waals surface area contributed by atoms with Crippen molar-refractivity contribution < 1.29 is 13.2 Å². The standard InChI is InChI=1S/C15H13F3N4/c1-9(19)12-8-13-20-5-6-22(13)21-14(12)10-3-2-4-11(7-10)15(16,17)18/h2-9H,19H2,1H3/t9-/m0/s1. The molecule has 7 heteroatoms.